The van der Waals surface area contributed by atoms with Crippen molar-refractivity contribution in [1.82, 2.24) is 14.5 Å². The molecule has 6 heteroatoms. The molecule has 2 heterocycles. The summed E-state index contributed by atoms with van der Waals surface area (Å²) in [6, 6.07) is 8.03. The number of nitrogens with zero attached hydrogens (tertiary/aromatic N) is 3. The molecule has 30 heavy (non-hydrogen) atoms. The van der Waals surface area contributed by atoms with Gasteiger partial charge in [0.05, 0.1) is 18.5 Å². The summed E-state index contributed by atoms with van der Waals surface area (Å²) < 4.78 is 7.83. The van der Waals surface area contributed by atoms with Gasteiger partial charge in [0.1, 0.15) is 23.0 Å². The standard InChI is InChI=1S/C24H31N3O2S/c1-4-26(5-2)16-21-25-23-22(19-11-6-7-12-20(19)30-23)24(28)27(21)13-14-29-18-10-8-9-17(3)15-18/h8-10,15H,4-7,11-14,16H2,1-3H3. The summed E-state index contributed by atoms with van der Waals surface area (Å²) in [4.78, 5) is 23.2. The fourth-order valence-electron chi connectivity index (χ4n) is 4.24. The third-order valence-electron chi connectivity index (χ3n) is 5.99. The third kappa shape index (κ3) is 4.30. The van der Waals surface area contributed by atoms with Gasteiger partial charge in [-0.1, -0.05) is 26.0 Å². The Morgan fingerprint density at radius 3 is 2.77 bits per heavy atom. The zero-order chi connectivity index (χ0) is 21.1. The van der Waals surface area contributed by atoms with Gasteiger partial charge in [-0.05, 0) is 69.0 Å². The monoisotopic (exact) mass is 425 g/mol. The summed E-state index contributed by atoms with van der Waals surface area (Å²) in [5.41, 5.74) is 2.52. The first-order valence-corrected chi connectivity index (χ1v) is 11.9. The fourth-order valence-corrected chi connectivity index (χ4v) is 5.51. The molecule has 0 atom stereocenters. The smallest absolute Gasteiger partial charge is 0.262 e. The summed E-state index contributed by atoms with van der Waals surface area (Å²) in [6.07, 6.45) is 4.46. The number of hydrogen-bond acceptors (Lipinski definition) is 5. The number of fused-ring (bicyclic) bond motifs is 3. The van der Waals surface area contributed by atoms with Gasteiger partial charge in [-0.25, -0.2) is 4.98 Å². The van der Waals surface area contributed by atoms with Crippen LogP contribution in [0.4, 0.5) is 0 Å². The van der Waals surface area contributed by atoms with Crippen LogP contribution in [0, 0.1) is 6.92 Å². The molecule has 0 unspecified atom stereocenters. The first kappa shape index (κ1) is 21.1. The van der Waals surface area contributed by atoms with Gasteiger partial charge in [0.2, 0.25) is 0 Å². The number of ether oxygens (including phenoxy) is 1. The van der Waals surface area contributed by atoms with E-state index in [1.807, 2.05) is 22.8 Å². The van der Waals surface area contributed by atoms with Crippen molar-refractivity contribution in [1.29, 1.82) is 0 Å². The zero-order valence-electron chi connectivity index (χ0n) is 18.2. The molecule has 1 aromatic carbocycles. The van der Waals surface area contributed by atoms with Crippen molar-refractivity contribution < 1.29 is 4.74 Å². The van der Waals surface area contributed by atoms with Gasteiger partial charge in [-0.2, -0.15) is 0 Å². The summed E-state index contributed by atoms with van der Waals surface area (Å²) >= 11 is 1.73. The molecule has 160 valence electrons. The van der Waals surface area contributed by atoms with E-state index in [-0.39, 0.29) is 5.56 Å². The van der Waals surface area contributed by atoms with E-state index in [1.165, 1.54) is 22.4 Å². The predicted octanol–water partition coefficient (Wildman–Crippen LogP) is 4.57. The van der Waals surface area contributed by atoms with Crippen LogP contribution in [0.3, 0.4) is 0 Å². The fraction of sp³-hybridized carbons (Fsp3) is 0.500. The van der Waals surface area contributed by atoms with Crippen molar-refractivity contribution in [3.63, 3.8) is 0 Å². The second-order valence-electron chi connectivity index (χ2n) is 8.00. The van der Waals surface area contributed by atoms with Crippen LogP contribution in [0.2, 0.25) is 0 Å². The van der Waals surface area contributed by atoms with E-state index in [1.54, 1.807) is 11.3 Å². The molecule has 2 aromatic heterocycles. The molecule has 3 aromatic rings. The molecule has 0 N–H and O–H groups in total. The van der Waals surface area contributed by atoms with E-state index in [0.717, 1.165) is 54.1 Å². The Bertz CT molecular complexity index is 1080. The lowest BCUT2D eigenvalue weighted by atomic mass is 9.97. The van der Waals surface area contributed by atoms with Gasteiger partial charge in [-0.3, -0.25) is 14.3 Å². The average molecular weight is 426 g/mol. The summed E-state index contributed by atoms with van der Waals surface area (Å²) in [5.74, 6) is 1.69. The summed E-state index contributed by atoms with van der Waals surface area (Å²) in [6.45, 7) is 9.87. The van der Waals surface area contributed by atoms with Gasteiger partial charge < -0.3 is 4.74 Å². The minimum atomic E-state index is 0.106. The first-order valence-electron chi connectivity index (χ1n) is 11.1. The van der Waals surface area contributed by atoms with Crippen molar-refractivity contribution in [3.8, 4) is 5.75 Å². The van der Waals surface area contributed by atoms with Crippen molar-refractivity contribution >= 4 is 21.6 Å². The molecular weight excluding hydrogens is 394 g/mol. The van der Waals surface area contributed by atoms with E-state index < -0.39 is 0 Å². The highest BCUT2D eigenvalue weighted by Gasteiger charge is 2.22. The molecule has 0 spiro atoms. The molecule has 1 aliphatic carbocycles. The number of aryl methyl sites for hydroxylation is 3. The van der Waals surface area contributed by atoms with Gasteiger partial charge in [-0.15, -0.1) is 11.3 Å². The highest BCUT2D eigenvalue weighted by atomic mass is 32.1. The van der Waals surface area contributed by atoms with E-state index in [9.17, 15) is 4.79 Å². The number of thiophene rings is 1. The summed E-state index contributed by atoms with van der Waals surface area (Å²) in [5, 5.41) is 0.855. The van der Waals surface area contributed by atoms with Gasteiger partial charge in [0.15, 0.2) is 0 Å². The van der Waals surface area contributed by atoms with Crippen LogP contribution in [0.5, 0.6) is 5.75 Å². The molecule has 0 amide bonds. The minimum Gasteiger partial charge on any atom is -0.492 e. The Morgan fingerprint density at radius 2 is 2.00 bits per heavy atom. The number of benzene rings is 1. The quantitative estimate of drug-likeness (QED) is 0.531. The SMILES string of the molecule is CCN(CC)Cc1nc2sc3c(c2c(=O)n1CCOc1cccc(C)c1)CCCC3. The van der Waals surface area contributed by atoms with Crippen LogP contribution >= 0.6 is 11.3 Å². The second kappa shape index (κ2) is 9.31. The van der Waals surface area contributed by atoms with Gasteiger partial charge in [0, 0.05) is 4.88 Å². The van der Waals surface area contributed by atoms with Crippen molar-refractivity contribution in [2.45, 2.75) is 59.5 Å². The van der Waals surface area contributed by atoms with E-state index in [4.69, 9.17) is 9.72 Å². The Balaban J connectivity index is 1.68. The molecule has 4 rings (SSSR count). The molecule has 0 radical (unpaired) electrons. The number of aromatic nitrogens is 2. The topological polar surface area (TPSA) is 47.4 Å². The Labute approximate surface area is 182 Å². The summed E-state index contributed by atoms with van der Waals surface area (Å²) in [7, 11) is 0. The Morgan fingerprint density at radius 1 is 1.20 bits per heavy atom. The maximum atomic E-state index is 13.6. The largest absolute Gasteiger partial charge is 0.492 e. The van der Waals surface area contributed by atoms with E-state index >= 15 is 0 Å². The Kier molecular flexibility index (Phi) is 6.54. The molecular formula is C24H31N3O2S. The molecule has 0 fully saturated rings. The maximum absolute atomic E-state index is 13.6. The van der Waals surface area contributed by atoms with Crippen molar-refractivity contribution in [2.75, 3.05) is 19.7 Å². The molecule has 0 aliphatic heterocycles. The number of rotatable bonds is 8. The highest BCUT2D eigenvalue weighted by Crippen LogP contribution is 2.33. The van der Waals surface area contributed by atoms with Crippen LogP contribution < -0.4 is 10.3 Å². The third-order valence-corrected chi connectivity index (χ3v) is 7.17. The van der Waals surface area contributed by atoms with Crippen LogP contribution in [-0.4, -0.2) is 34.1 Å². The molecule has 1 aliphatic rings. The van der Waals surface area contributed by atoms with Gasteiger partial charge in [0.25, 0.3) is 5.56 Å². The van der Waals surface area contributed by atoms with Crippen LogP contribution in [-0.2, 0) is 25.9 Å². The molecule has 0 saturated carbocycles. The Hall–Kier alpha value is -2.18. The van der Waals surface area contributed by atoms with Crippen LogP contribution in [0.15, 0.2) is 29.1 Å². The first-order chi connectivity index (χ1) is 14.6. The second-order valence-corrected chi connectivity index (χ2v) is 9.09. The van der Waals surface area contributed by atoms with E-state index in [2.05, 4.69) is 31.7 Å². The lowest BCUT2D eigenvalue weighted by Gasteiger charge is -2.20. The van der Waals surface area contributed by atoms with Gasteiger partial charge >= 0.3 is 0 Å². The van der Waals surface area contributed by atoms with E-state index in [0.29, 0.717) is 19.7 Å². The lowest BCUT2D eigenvalue weighted by Crippen LogP contribution is -2.32. The molecule has 0 bridgehead atoms. The number of hydrogen-bond donors (Lipinski definition) is 0. The average Bonchev–Trinajstić information content (AvgIpc) is 3.12. The lowest BCUT2D eigenvalue weighted by molar-refractivity contribution is 0.266. The van der Waals surface area contributed by atoms with Crippen LogP contribution in [0.1, 0.15) is 48.5 Å². The normalized spacial score (nSPS) is 13.7. The van der Waals surface area contributed by atoms with Crippen molar-refractivity contribution in [2.24, 2.45) is 0 Å². The van der Waals surface area contributed by atoms with Crippen LogP contribution in [0.25, 0.3) is 10.2 Å². The maximum Gasteiger partial charge on any atom is 0.262 e. The van der Waals surface area contributed by atoms with Crippen molar-refractivity contribution in [3.05, 3.63) is 56.4 Å². The highest BCUT2D eigenvalue weighted by molar-refractivity contribution is 7.18. The molecule has 5 nitrogen and oxygen atoms in total. The zero-order valence-corrected chi connectivity index (χ0v) is 19.1. The molecule has 0 saturated heterocycles. The predicted molar refractivity (Wildman–Crippen MR) is 124 cm³/mol. The minimum absolute atomic E-state index is 0.106.